The van der Waals surface area contributed by atoms with Crippen LogP contribution in [0.4, 0.5) is 4.79 Å². The van der Waals surface area contributed by atoms with Crippen LogP contribution >= 0.6 is 0 Å². The number of nitrogens with zero attached hydrogens (tertiary/aromatic N) is 1. The Morgan fingerprint density at radius 3 is 1.92 bits per heavy atom. The normalized spacial score (nSPS) is 17.7. The summed E-state index contributed by atoms with van der Waals surface area (Å²) in [5.74, 6) is 0.147. The molecule has 0 radical (unpaired) electrons. The number of unbranched alkanes of at least 4 members (excludes halogenated alkanes) is 11. The van der Waals surface area contributed by atoms with E-state index in [1.54, 1.807) is 0 Å². The minimum Gasteiger partial charge on any atom is -0.465 e. The Labute approximate surface area is 159 Å². The van der Waals surface area contributed by atoms with Gasteiger partial charge in [-0.15, -0.1) is 0 Å². The number of hydrogen-bond donors (Lipinski definition) is 2. The van der Waals surface area contributed by atoms with Gasteiger partial charge in [-0.2, -0.15) is 0 Å². The average molecular weight is 391 g/mol. The molecule has 1 saturated heterocycles. The molecule has 26 heavy (non-hydrogen) atoms. The van der Waals surface area contributed by atoms with Gasteiger partial charge < -0.3 is 10.0 Å². The minimum atomic E-state index is -3.30. The Bertz CT molecular complexity index is 482. The highest BCUT2D eigenvalue weighted by Gasteiger charge is 2.28. The molecule has 1 aliphatic rings. The molecule has 0 aliphatic carbocycles. The maximum absolute atomic E-state index is 12.1. The summed E-state index contributed by atoms with van der Waals surface area (Å²) in [5.41, 5.74) is 0. The monoisotopic (exact) mass is 390 g/mol. The van der Waals surface area contributed by atoms with Crippen LogP contribution in [-0.2, 0) is 10.0 Å². The zero-order valence-electron chi connectivity index (χ0n) is 16.4. The Kier molecular flexibility index (Phi) is 11.9. The lowest BCUT2D eigenvalue weighted by Gasteiger charge is -2.14. The maximum atomic E-state index is 12.1. The summed E-state index contributed by atoms with van der Waals surface area (Å²) in [7, 11) is -3.30. The van der Waals surface area contributed by atoms with Crippen LogP contribution in [-0.4, -0.2) is 49.4 Å². The molecular formula is C19H38N2O4S. The topological polar surface area (TPSA) is 86.7 Å². The van der Waals surface area contributed by atoms with Gasteiger partial charge in [-0.1, -0.05) is 77.6 Å². The van der Waals surface area contributed by atoms with E-state index in [2.05, 4.69) is 11.6 Å². The first-order chi connectivity index (χ1) is 12.4. The molecule has 1 fully saturated rings. The highest BCUT2D eigenvalue weighted by molar-refractivity contribution is 7.89. The van der Waals surface area contributed by atoms with Crippen molar-refractivity contribution in [3.63, 3.8) is 0 Å². The maximum Gasteiger partial charge on any atom is 0.407 e. The fourth-order valence-corrected chi connectivity index (χ4v) is 4.88. The van der Waals surface area contributed by atoms with Crippen LogP contribution in [0.2, 0.25) is 0 Å². The molecule has 1 unspecified atom stereocenters. The van der Waals surface area contributed by atoms with E-state index in [9.17, 15) is 13.2 Å². The van der Waals surface area contributed by atoms with Crippen molar-refractivity contribution in [2.24, 2.45) is 0 Å². The summed E-state index contributed by atoms with van der Waals surface area (Å²) in [6.07, 6.45) is 14.1. The van der Waals surface area contributed by atoms with Crippen LogP contribution in [0, 0.1) is 0 Å². The van der Waals surface area contributed by atoms with E-state index in [1.165, 1.54) is 62.7 Å². The van der Waals surface area contributed by atoms with Crippen molar-refractivity contribution in [2.45, 2.75) is 96.4 Å². The molecule has 7 heteroatoms. The van der Waals surface area contributed by atoms with Crippen molar-refractivity contribution in [3.05, 3.63) is 0 Å². The number of nitrogens with one attached hydrogen (secondary N) is 1. The van der Waals surface area contributed by atoms with Gasteiger partial charge in [0.05, 0.1) is 5.75 Å². The summed E-state index contributed by atoms with van der Waals surface area (Å²) in [6, 6.07) is -0.270. The molecule has 6 nitrogen and oxygen atoms in total. The molecule has 1 rings (SSSR count). The Balaban J connectivity index is 1.96. The third-order valence-corrected chi connectivity index (χ3v) is 6.59. The van der Waals surface area contributed by atoms with Gasteiger partial charge in [0, 0.05) is 19.1 Å². The molecule has 2 N–H and O–H groups in total. The molecule has 0 saturated carbocycles. The van der Waals surface area contributed by atoms with E-state index < -0.39 is 16.1 Å². The lowest BCUT2D eigenvalue weighted by molar-refractivity contribution is 0.155. The standard InChI is InChI=1S/C19H38N2O4S/c1-2-3-4-5-6-7-8-9-10-11-12-13-16-26(24,25)20-18-14-15-21(17-18)19(22)23/h18,20H,2-17H2,1H3,(H,22,23). The van der Waals surface area contributed by atoms with Crippen molar-refractivity contribution in [3.8, 4) is 0 Å². The van der Waals surface area contributed by atoms with Gasteiger partial charge in [0.15, 0.2) is 0 Å². The number of hydrogen-bond acceptors (Lipinski definition) is 3. The summed E-state index contributed by atoms with van der Waals surface area (Å²) in [4.78, 5) is 12.1. The lowest BCUT2D eigenvalue weighted by Crippen LogP contribution is -2.39. The number of amides is 1. The Hall–Kier alpha value is -0.820. The van der Waals surface area contributed by atoms with E-state index in [0.29, 0.717) is 19.4 Å². The molecule has 1 aliphatic heterocycles. The third kappa shape index (κ3) is 11.0. The van der Waals surface area contributed by atoms with Crippen LogP contribution in [0.5, 0.6) is 0 Å². The second kappa shape index (κ2) is 13.4. The van der Waals surface area contributed by atoms with E-state index in [-0.39, 0.29) is 18.3 Å². The fraction of sp³-hybridized carbons (Fsp3) is 0.947. The van der Waals surface area contributed by atoms with Gasteiger partial charge >= 0.3 is 6.09 Å². The van der Waals surface area contributed by atoms with Gasteiger partial charge in [0.25, 0.3) is 0 Å². The number of carbonyl (C=O) groups is 1. The number of carboxylic acid groups (broad SMARTS) is 1. The first-order valence-electron chi connectivity index (χ1n) is 10.4. The van der Waals surface area contributed by atoms with Crippen LogP contribution < -0.4 is 4.72 Å². The first-order valence-corrected chi connectivity index (χ1v) is 12.1. The van der Waals surface area contributed by atoms with Gasteiger partial charge in [-0.05, 0) is 12.8 Å². The smallest absolute Gasteiger partial charge is 0.407 e. The average Bonchev–Trinajstić information content (AvgIpc) is 3.04. The van der Waals surface area contributed by atoms with Crippen molar-refractivity contribution in [1.82, 2.24) is 9.62 Å². The van der Waals surface area contributed by atoms with Gasteiger partial charge in [0.2, 0.25) is 10.0 Å². The van der Waals surface area contributed by atoms with Gasteiger partial charge in [-0.3, -0.25) is 0 Å². The van der Waals surface area contributed by atoms with E-state index >= 15 is 0 Å². The Morgan fingerprint density at radius 1 is 0.962 bits per heavy atom. The largest absolute Gasteiger partial charge is 0.465 e. The van der Waals surface area contributed by atoms with Crippen LogP contribution in [0.15, 0.2) is 0 Å². The molecule has 0 aromatic heterocycles. The predicted molar refractivity (Wildman–Crippen MR) is 106 cm³/mol. The summed E-state index contributed by atoms with van der Waals surface area (Å²) in [6.45, 7) is 2.90. The minimum absolute atomic E-state index is 0.147. The molecule has 0 spiro atoms. The van der Waals surface area contributed by atoms with Crippen molar-refractivity contribution in [2.75, 3.05) is 18.8 Å². The third-order valence-electron chi connectivity index (χ3n) is 5.07. The molecule has 1 atom stereocenters. The predicted octanol–water partition coefficient (Wildman–Crippen LogP) is 4.36. The molecule has 0 bridgehead atoms. The number of rotatable bonds is 15. The first kappa shape index (κ1) is 23.2. The molecular weight excluding hydrogens is 352 g/mol. The zero-order chi connectivity index (χ0) is 19.3. The van der Waals surface area contributed by atoms with Crippen LogP contribution in [0.25, 0.3) is 0 Å². The van der Waals surface area contributed by atoms with Gasteiger partial charge in [0.1, 0.15) is 0 Å². The molecule has 1 heterocycles. The SMILES string of the molecule is CCCCCCCCCCCCCCS(=O)(=O)NC1CCN(C(=O)O)C1. The van der Waals surface area contributed by atoms with E-state index in [1.807, 2.05) is 0 Å². The number of sulfonamides is 1. The van der Waals surface area contributed by atoms with Crippen molar-refractivity contribution in [1.29, 1.82) is 0 Å². The molecule has 0 aromatic carbocycles. The van der Waals surface area contributed by atoms with Crippen molar-refractivity contribution < 1.29 is 18.3 Å². The Morgan fingerprint density at radius 2 is 1.46 bits per heavy atom. The highest BCUT2D eigenvalue weighted by Crippen LogP contribution is 2.13. The lowest BCUT2D eigenvalue weighted by atomic mass is 10.1. The summed E-state index contributed by atoms with van der Waals surface area (Å²) in [5, 5.41) is 8.90. The van der Waals surface area contributed by atoms with E-state index in [0.717, 1.165) is 12.8 Å². The molecule has 0 aromatic rings. The van der Waals surface area contributed by atoms with Crippen molar-refractivity contribution >= 4 is 16.1 Å². The zero-order valence-corrected chi connectivity index (χ0v) is 17.2. The molecule has 1 amide bonds. The van der Waals surface area contributed by atoms with Crippen LogP contribution in [0.3, 0.4) is 0 Å². The fourth-order valence-electron chi connectivity index (χ4n) is 3.48. The summed E-state index contributed by atoms with van der Waals surface area (Å²) >= 11 is 0. The second-order valence-corrected chi connectivity index (χ2v) is 9.41. The second-order valence-electron chi connectivity index (χ2n) is 7.54. The quantitative estimate of drug-likeness (QED) is 0.407. The van der Waals surface area contributed by atoms with E-state index in [4.69, 9.17) is 5.11 Å². The number of likely N-dealkylation sites (tertiary alicyclic amines) is 1. The molecule has 154 valence electrons. The van der Waals surface area contributed by atoms with Gasteiger partial charge in [-0.25, -0.2) is 17.9 Å². The van der Waals surface area contributed by atoms with Crippen LogP contribution in [0.1, 0.15) is 90.4 Å². The highest BCUT2D eigenvalue weighted by atomic mass is 32.2. The summed E-state index contributed by atoms with van der Waals surface area (Å²) < 4.78 is 26.8.